The van der Waals surface area contributed by atoms with Gasteiger partial charge in [-0.3, -0.25) is 9.69 Å². The van der Waals surface area contributed by atoms with Gasteiger partial charge in [-0.15, -0.1) is 0 Å². The molecule has 4 heteroatoms. The van der Waals surface area contributed by atoms with Crippen LogP contribution in [0.1, 0.15) is 43.0 Å². The van der Waals surface area contributed by atoms with E-state index in [-0.39, 0.29) is 5.91 Å². The number of rotatable bonds is 4. The number of nitrogens with zero attached hydrogens (tertiary/aromatic N) is 2. The van der Waals surface area contributed by atoms with E-state index in [9.17, 15) is 4.79 Å². The van der Waals surface area contributed by atoms with Crippen molar-refractivity contribution >= 4 is 11.6 Å². The minimum absolute atomic E-state index is 0.0838. The first-order valence-electron chi connectivity index (χ1n) is 9.10. The Labute approximate surface area is 138 Å². The van der Waals surface area contributed by atoms with Gasteiger partial charge in [-0.1, -0.05) is 13.0 Å². The number of hydrogen-bond donors (Lipinski definition) is 1. The van der Waals surface area contributed by atoms with Crippen LogP contribution in [0.15, 0.2) is 24.3 Å². The molecule has 2 aliphatic heterocycles. The first kappa shape index (κ1) is 15.0. The average molecular weight is 313 g/mol. The Hall–Kier alpha value is -1.55. The maximum atomic E-state index is 12.7. The van der Waals surface area contributed by atoms with Gasteiger partial charge in [0.2, 0.25) is 0 Å². The van der Waals surface area contributed by atoms with E-state index in [4.69, 9.17) is 0 Å². The summed E-state index contributed by atoms with van der Waals surface area (Å²) in [5, 5.41) is 3.28. The van der Waals surface area contributed by atoms with E-state index in [2.05, 4.69) is 34.2 Å². The number of anilines is 1. The van der Waals surface area contributed by atoms with Gasteiger partial charge in [-0.25, -0.2) is 0 Å². The fourth-order valence-corrected chi connectivity index (χ4v) is 4.00. The zero-order valence-electron chi connectivity index (χ0n) is 14.0. The quantitative estimate of drug-likeness (QED) is 0.928. The summed E-state index contributed by atoms with van der Waals surface area (Å²) in [7, 11) is 0. The molecule has 4 rings (SSSR count). The highest BCUT2D eigenvalue weighted by Crippen LogP contribution is 2.32. The molecule has 0 radical (unpaired) electrons. The van der Waals surface area contributed by atoms with Gasteiger partial charge in [0.15, 0.2) is 0 Å². The van der Waals surface area contributed by atoms with Gasteiger partial charge in [0, 0.05) is 49.5 Å². The van der Waals surface area contributed by atoms with E-state index in [0.717, 1.165) is 37.8 Å². The molecule has 2 atom stereocenters. The lowest BCUT2D eigenvalue weighted by Gasteiger charge is -2.20. The third-order valence-corrected chi connectivity index (χ3v) is 5.60. The predicted molar refractivity (Wildman–Crippen MR) is 92.9 cm³/mol. The Balaban J connectivity index is 1.41. The van der Waals surface area contributed by atoms with Gasteiger partial charge in [0.25, 0.3) is 5.91 Å². The summed E-state index contributed by atoms with van der Waals surface area (Å²) in [6.07, 6.45) is 5.19. The molecule has 1 aromatic carbocycles. The lowest BCUT2D eigenvalue weighted by molar-refractivity contribution is 0.0931. The highest BCUT2D eigenvalue weighted by atomic mass is 16.1. The van der Waals surface area contributed by atoms with E-state index < -0.39 is 0 Å². The smallest absolute Gasteiger partial charge is 0.251 e. The second-order valence-electron chi connectivity index (χ2n) is 7.49. The SMILES string of the molecule is C[C@@H]1CN(C2CC2)C[C@@H]1NC(=O)c1cccc(N2CCCC2)c1. The molecular formula is C19H27N3O. The molecule has 1 aliphatic carbocycles. The van der Waals surface area contributed by atoms with Crippen molar-refractivity contribution in [1.82, 2.24) is 10.2 Å². The summed E-state index contributed by atoms with van der Waals surface area (Å²) in [5.74, 6) is 0.627. The van der Waals surface area contributed by atoms with Crippen molar-refractivity contribution in [2.24, 2.45) is 5.92 Å². The molecule has 2 heterocycles. The first-order chi connectivity index (χ1) is 11.2. The summed E-state index contributed by atoms with van der Waals surface area (Å²) >= 11 is 0. The van der Waals surface area contributed by atoms with Crippen molar-refractivity contribution < 1.29 is 4.79 Å². The van der Waals surface area contributed by atoms with Crippen molar-refractivity contribution in [2.75, 3.05) is 31.1 Å². The second-order valence-corrected chi connectivity index (χ2v) is 7.49. The molecule has 1 saturated carbocycles. The van der Waals surface area contributed by atoms with Crippen LogP contribution < -0.4 is 10.2 Å². The van der Waals surface area contributed by atoms with Crippen LogP contribution in [0, 0.1) is 5.92 Å². The number of carbonyl (C=O) groups is 1. The topological polar surface area (TPSA) is 35.6 Å². The van der Waals surface area contributed by atoms with E-state index in [1.54, 1.807) is 0 Å². The van der Waals surface area contributed by atoms with Crippen LogP contribution in [-0.2, 0) is 0 Å². The van der Waals surface area contributed by atoms with Crippen LogP contribution in [0.25, 0.3) is 0 Å². The number of carbonyl (C=O) groups excluding carboxylic acids is 1. The Kier molecular flexibility index (Phi) is 4.02. The maximum absolute atomic E-state index is 12.7. The summed E-state index contributed by atoms with van der Waals surface area (Å²) < 4.78 is 0. The third kappa shape index (κ3) is 3.23. The highest BCUT2D eigenvalue weighted by molar-refractivity contribution is 5.95. The van der Waals surface area contributed by atoms with Crippen molar-refractivity contribution in [3.8, 4) is 0 Å². The van der Waals surface area contributed by atoms with Crippen LogP contribution in [0.5, 0.6) is 0 Å². The minimum atomic E-state index is 0.0838. The molecule has 3 aliphatic rings. The van der Waals surface area contributed by atoms with Crippen molar-refractivity contribution in [2.45, 2.75) is 44.7 Å². The Morgan fingerprint density at radius 2 is 1.96 bits per heavy atom. The van der Waals surface area contributed by atoms with Gasteiger partial charge in [-0.05, 0) is 49.8 Å². The lowest BCUT2D eigenvalue weighted by atomic mass is 10.1. The standard InChI is InChI=1S/C19H27N3O/c1-14-12-22(16-7-8-16)13-18(14)20-19(23)15-5-4-6-17(11-15)21-9-2-3-10-21/h4-6,11,14,16,18H,2-3,7-10,12-13H2,1H3,(H,20,23)/t14-,18+/m1/s1. The molecule has 1 N–H and O–H groups in total. The largest absolute Gasteiger partial charge is 0.372 e. The summed E-state index contributed by atoms with van der Waals surface area (Å²) in [6.45, 7) is 6.63. The third-order valence-electron chi connectivity index (χ3n) is 5.60. The molecular weight excluding hydrogens is 286 g/mol. The molecule has 124 valence electrons. The summed E-state index contributed by atoms with van der Waals surface area (Å²) in [4.78, 5) is 17.6. The highest BCUT2D eigenvalue weighted by Gasteiger charge is 2.38. The molecule has 4 nitrogen and oxygen atoms in total. The zero-order chi connectivity index (χ0) is 15.8. The minimum Gasteiger partial charge on any atom is -0.372 e. The Bertz CT molecular complexity index is 578. The van der Waals surface area contributed by atoms with Gasteiger partial charge < -0.3 is 10.2 Å². The zero-order valence-corrected chi connectivity index (χ0v) is 14.0. The molecule has 23 heavy (non-hydrogen) atoms. The average Bonchev–Trinajstić information content (AvgIpc) is 3.14. The van der Waals surface area contributed by atoms with Crippen LogP contribution in [0.4, 0.5) is 5.69 Å². The van der Waals surface area contributed by atoms with E-state index in [1.807, 2.05) is 12.1 Å². The Morgan fingerprint density at radius 1 is 1.17 bits per heavy atom. The van der Waals surface area contributed by atoms with Crippen LogP contribution in [0.3, 0.4) is 0 Å². The number of nitrogens with one attached hydrogen (secondary N) is 1. The van der Waals surface area contributed by atoms with Gasteiger partial charge in [0.05, 0.1) is 0 Å². The maximum Gasteiger partial charge on any atom is 0.251 e. The lowest BCUT2D eigenvalue weighted by Crippen LogP contribution is -2.40. The van der Waals surface area contributed by atoms with E-state index in [1.165, 1.54) is 31.4 Å². The molecule has 3 fully saturated rings. The number of benzene rings is 1. The first-order valence-corrected chi connectivity index (χ1v) is 9.10. The monoisotopic (exact) mass is 313 g/mol. The number of likely N-dealkylation sites (tertiary alicyclic amines) is 1. The number of amides is 1. The van der Waals surface area contributed by atoms with Gasteiger partial charge >= 0.3 is 0 Å². The van der Waals surface area contributed by atoms with Crippen LogP contribution >= 0.6 is 0 Å². The van der Waals surface area contributed by atoms with Gasteiger partial charge in [0.1, 0.15) is 0 Å². The molecule has 0 unspecified atom stereocenters. The molecule has 1 aromatic rings. The molecule has 0 spiro atoms. The summed E-state index contributed by atoms with van der Waals surface area (Å²) in [6, 6.07) is 9.20. The predicted octanol–water partition coefficient (Wildman–Crippen LogP) is 2.50. The molecule has 1 amide bonds. The van der Waals surface area contributed by atoms with Gasteiger partial charge in [-0.2, -0.15) is 0 Å². The van der Waals surface area contributed by atoms with Crippen molar-refractivity contribution in [1.29, 1.82) is 0 Å². The van der Waals surface area contributed by atoms with E-state index >= 15 is 0 Å². The fourth-order valence-electron chi connectivity index (χ4n) is 4.00. The molecule has 0 aromatic heterocycles. The second kappa shape index (κ2) is 6.16. The molecule has 2 saturated heterocycles. The summed E-state index contributed by atoms with van der Waals surface area (Å²) in [5.41, 5.74) is 1.99. The van der Waals surface area contributed by atoms with Crippen molar-refractivity contribution in [3.05, 3.63) is 29.8 Å². The molecule has 0 bridgehead atoms. The van der Waals surface area contributed by atoms with Crippen LogP contribution in [0.2, 0.25) is 0 Å². The fraction of sp³-hybridized carbons (Fsp3) is 0.632. The number of hydrogen-bond acceptors (Lipinski definition) is 3. The van der Waals surface area contributed by atoms with Crippen LogP contribution in [-0.4, -0.2) is 49.1 Å². The van der Waals surface area contributed by atoms with E-state index in [0.29, 0.717) is 12.0 Å². The van der Waals surface area contributed by atoms with Crippen molar-refractivity contribution in [3.63, 3.8) is 0 Å². The normalized spacial score (nSPS) is 28.3. The Morgan fingerprint density at radius 3 is 2.70 bits per heavy atom.